The summed E-state index contributed by atoms with van der Waals surface area (Å²) in [5.74, 6) is 0. The van der Waals surface area contributed by atoms with Crippen LogP contribution in [0.5, 0.6) is 0 Å². The molecule has 1 heterocycles. The zero-order valence-corrected chi connectivity index (χ0v) is 9.80. The fraction of sp³-hybridized carbons (Fsp3) is 1.00. The third kappa shape index (κ3) is 2.05. The van der Waals surface area contributed by atoms with Crippen molar-refractivity contribution in [1.29, 1.82) is 0 Å². The van der Waals surface area contributed by atoms with E-state index in [0.29, 0.717) is 11.7 Å². The van der Waals surface area contributed by atoms with Crippen LogP contribution in [0.25, 0.3) is 0 Å². The molecule has 0 saturated carbocycles. The summed E-state index contributed by atoms with van der Waals surface area (Å²) in [5.41, 5.74) is 0.381. The van der Waals surface area contributed by atoms with Gasteiger partial charge in [0.2, 0.25) is 0 Å². The molecule has 1 atom stereocenters. The Labute approximate surface area is 82.9 Å². The first-order valence-corrected chi connectivity index (χ1v) is 5.50. The Kier molecular flexibility index (Phi) is 3.36. The van der Waals surface area contributed by atoms with Crippen LogP contribution in [0, 0.1) is 0 Å². The number of nitrogens with zero attached hydrogens (tertiary/aromatic N) is 2. The summed E-state index contributed by atoms with van der Waals surface area (Å²) in [6.45, 7) is 11.7. The highest BCUT2D eigenvalue weighted by molar-refractivity contribution is 4.89. The van der Waals surface area contributed by atoms with Gasteiger partial charge in [0, 0.05) is 12.1 Å². The highest BCUT2D eigenvalue weighted by Gasteiger charge is 2.36. The molecule has 0 spiro atoms. The van der Waals surface area contributed by atoms with E-state index in [9.17, 15) is 0 Å². The van der Waals surface area contributed by atoms with Crippen molar-refractivity contribution in [3.05, 3.63) is 0 Å². The third-order valence-electron chi connectivity index (χ3n) is 3.61. The van der Waals surface area contributed by atoms with E-state index in [1.165, 1.54) is 25.9 Å². The van der Waals surface area contributed by atoms with Crippen LogP contribution in [0.3, 0.4) is 0 Å². The van der Waals surface area contributed by atoms with Gasteiger partial charge in [-0.15, -0.1) is 0 Å². The molecular weight excluding hydrogens is 160 g/mol. The van der Waals surface area contributed by atoms with E-state index in [2.05, 4.69) is 44.5 Å². The first kappa shape index (κ1) is 11.0. The Hall–Kier alpha value is -0.0800. The van der Waals surface area contributed by atoms with Gasteiger partial charge in [0.15, 0.2) is 0 Å². The second-order valence-electron chi connectivity index (χ2n) is 4.69. The Morgan fingerprint density at radius 3 is 2.38 bits per heavy atom. The quantitative estimate of drug-likeness (QED) is 0.649. The van der Waals surface area contributed by atoms with Crippen LogP contribution >= 0.6 is 0 Å². The molecule has 0 aromatic carbocycles. The second kappa shape index (κ2) is 3.97. The summed E-state index contributed by atoms with van der Waals surface area (Å²) in [5, 5.41) is 0. The highest BCUT2D eigenvalue weighted by Crippen LogP contribution is 2.28. The minimum Gasteiger partial charge on any atom is -0.288 e. The molecule has 0 amide bonds. The van der Waals surface area contributed by atoms with E-state index in [1.54, 1.807) is 0 Å². The Morgan fingerprint density at radius 2 is 1.92 bits per heavy atom. The van der Waals surface area contributed by atoms with Crippen molar-refractivity contribution in [3.8, 4) is 0 Å². The lowest BCUT2D eigenvalue weighted by molar-refractivity contribution is -0.0532. The Bertz CT molecular complexity index is 165. The van der Waals surface area contributed by atoms with Crippen LogP contribution in [-0.4, -0.2) is 41.6 Å². The lowest BCUT2D eigenvalue weighted by Crippen LogP contribution is -2.60. The molecule has 1 aliphatic heterocycles. The lowest BCUT2D eigenvalue weighted by Gasteiger charge is -2.51. The molecule has 1 saturated heterocycles. The summed E-state index contributed by atoms with van der Waals surface area (Å²) in [4.78, 5) is 5.10. The summed E-state index contributed by atoms with van der Waals surface area (Å²) in [6, 6.07) is 0. The van der Waals surface area contributed by atoms with Crippen molar-refractivity contribution < 1.29 is 0 Å². The molecule has 78 valence electrons. The van der Waals surface area contributed by atoms with E-state index in [4.69, 9.17) is 0 Å². The van der Waals surface area contributed by atoms with Gasteiger partial charge >= 0.3 is 0 Å². The van der Waals surface area contributed by atoms with Crippen molar-refractivity contribution in [2.24, 2.45) is 0 Å². The zero-order valence-electron chi connectivity index (χ0n) is 9.80. The van der Waals surface area contributed by atoms with Crippen LogP contribution in [0.2, 0.25) is 0 Å². The third-order valence-corrected chi connectivity index (χ3v) is 3.61. The molecule has 1 rings (SSSR count). The summed E-state index contributed by atoms with van der Waals surface area (Å²) >= 11 is 0. The predicted octanol–water partition coefficient (Wildman–Crippen LogP) is 2.16. The van der Waals surface area contributed by atoms with Crippen molar-refractivity contribution >= 4 is 0 Å². The largest absolute Gasteiger partial charge is 0.288 e. The first-order chi connectivity index (χ1) is 6.03. The average molecular weight is 184 g/mol. The molecule has 0 N–H and O–H groups in total. The van der Waals surface area contributed by atoms with Gasteiger partial charge in [-0.1, -0.05) is 13.8 Å². The molecular formula is C11H24N2. The second-order valence-corrected chi connectivity index (χ2v) is 4.69. The monoisotopic (exact) mass is 184 g/mol. The van der Waals surface area contributed by atoms with Gasteiger partial charge < -0.3 is 0 Å². The first-order valence-electron chi connectivity index (χ1n) is 5.50. The lowest BCUT2D eigenvalue weighted by atomic mass is 9.93. The van der Waals surface area contributed by atoms with Crippen LogP contribution < -0.4 is 0 Å². The van der Waals surface area contributed by atoms with Crippen LogP contribution in [0.1, 0.15) is 40.5 Å². The van der Waals surface area contributed by atoms with Gasteiger partial charge in [0.05, 0.1) is 6.17 Å². The van der Waals surface area contributed by atoms with Crippen molar-refractivity contribution in [2.45, 2.75) is 52.2 Å². The predicted molar refractivity (Wildman–Crippen MR) is 57.8 cm³/mol. The van der Waals surface area contributed by atoms with Gasteiger partial charge in [0.1, 0.15) is 0 Å². The molecule has 2 nitrogen and oxygen atoms in total. The molecule has 1 unspecified atom stereocenters. The van der Waals surface area contributed by atoms with Crippen LogP contribution in [0.4, 0.5) is 0 Å². The van der Waals surface area contributed by atoms with Crippen LogP contribution in [0.15, 0.2) is 0 Å². The van der Waals surface area contributed by atoms with E-state index in [0.717, 1.165) is 0 Å². The molecule has 1 aliphatic rings. The number of rotatable bonds is 2. The molecule has 13 heavy (non-hydrogen) atoms. The molecule has 2 heteroatoms. The minimum absolute atomic E-state index is 0.381. The van der Waals surface area contributed by atoms with Crippen molar-refractivity contribution in [1.82, 2.24) is 9.80 Å². The average Bonchev–Trinajstić information content (AvgIpc) is 2.09. The van der Waals surface area contributed by atoms with E-state index in [-0.39, 0.29) is 0 Å². The van der Waals surface area contributed by atoms with Gasteiger partial charge in [-0.05, 0) is 40.3 Å². The molecule has 0 aromatic heterocycles. The summed E-state index contributed by atoms with van der Waals surface area (Å²) in [6.07, 6.45) is 3.16. The van der Waals surface area contributed by atoms with E-state index in [1.807, 2.05) is 0 Å². The maximum absolute atomic E-state index is 2.57. The smallest absolute Gasteiger partial charge is 0.0621 e. The maximum Gasteiger partial charge on any atom is 0.0621 e. The van der Waals surface area contributed by atoms with Gasteiger partial charge in [-0.2, -0.15) is 0 Å². The van der Waals surface area contributed by atoms with Crippen molar-refractivity contribution in [3.63, 3.8) is 0 Å². The molecule has 1 fully saturated rings. The van der Waals surface area contributed by atoms with Crippen LogP contribution in [-0.2, 0) is 0 Å². The minimum atomic E-state index is 0.381. The fourth-order valence-corrected chi connectivity index (χ4v) is 2.29. The number of hydrogen-bond donors (Lipinski definition) is 0. The Balaban J connectivity index is 2.71. The molecule has 0 bridgehead atoms. The standard InChI is InChI=1S/C11H24N2/c1-6-10-12(5)11(3,4)8-9-13(10)7-2/h10H,6-9H2,1-5H3. The summed E-state index contributed by atoms with van der Waals surface area (Å²) in [7, 11) is 2.26. The topological polar surface area (TPSA) is 6.48 Å². The molecule has 0 radical (unpaired) electrons. The van der Waals surface area contributed by atoms with Crippen molar-refractivity contribution in [2.75, 3.05) is 20.1 Å². The SMILES string of the molecule is CCC1N(CC)CCC(C)(C)N1C. The summed E-state index contributed by atoms with van der Waals surface area (Å²) < 4.78 is 0. The van der Waals surface area contributed by atoms with Gasteiger partial charge in [0.25, 0.3) is 0 Å². The highest BCUT2D eigenvalue weighted by atomic mass is 15.4. The normalized spacial score (nSPS) is 30.7. The number of hydrogen-bond acceptors (Lipinski definition) is 2. The van der Waals surface area contributed by atoms with Gasteiger partial charge in [-0.25, -0.2) is 0 Å². The fourth-order valence-electron chi connectivity index (χ4n) is 2.29. The zero-order chi connectivity index (χ0) is 10.1. The Morgan fingerprint density at radius 1 is 1.31 bits per heavy atom. The van der Waals surface area contributed by atoms with E-state index >= 15 is 0 Å². The maximum atomic E-state index is 2.57. The molecule has 0 aliphatic carbocycles. The molecule has 0 aromatic rings. The van der Waals surface area contributed by atoms with E-state index < -0.39 is 0 Å². The van der Waals surface area contributed by atoms with Gasteiger partial charge in [-0.3, -0.25) is 9.80 Å².